The number of nitrogens with one attached hydrogen (secondary N) is 1. The van der Waals surface area contributed by atoms with Crippen molar-refractivity contribution < 1.29 is 23.9 Å². The van der Waals surface area contributed by atoms with Crippen LogP contribution in [-0.2, 0) is 14.3 Å². The van der Waals surface area contributed by atoms with Crippen LogP contribution >= 0.6 is 0 Å². The van der Waals surface area contributed by atoms with Crippen LogP contribution in [0.3, 0.4) is 0 Å². The number of ether oxygens (including phenoxy) is 2. The van der Waals surface area contributed by atoms with E-state index in [9.17, 15) is 14.4 Å². The normalized spacial score (nSPS) is 20.1. The highest BCUT2D eigenvalue weighted by molar-refractivity contribution is 5.90. The molecule has 2 aliphatic heterocycles. The zero-order valence-electron chi connectivity index (χ0n) is 22.5. The quantitative estimate of drug-likeness (QED) is 0.495. The minimum Gasteiger partial charge on any atom is -0.493 e. The van der Waals surface area contributed by atoms with Gasteiger partial charge in [0.15, 0.2) is 0 Å². The lowest BCUT2D eigenvalue weighted by Gasteiger charge is -2.42. The second kappa shape index (κ2) is 13.1. The fourth-order valence-electron chi connectivity index (χ4n) is 5.11. The Hall–Kier alpha value is -2.61. The monoisotopic (exact) mass is 501 g/mol. The van der Waals surface area contributed by atoms with Crippen molar-refractivity contribution >= 4 is 17.8 Å². The molecule has 0 aromatic heterocycles. The molecule has 0 spiro atoms. The molecule has 1 aromatic rings. The molecule has 1 aromatic carbocycles. The second-order valence-electron chi connectivity index (χ2n) is 10.9. The number of rotatable bonds is 10. The third-order valence-electron chi connectivity index (χ3n) is 7.05. The van der Waals surface area contributed by atoms with Crippen molar-refractivity contribution in [1.82, 2.24) is 15.1 Å². The first-order chi connectivity index (χ1) is 17.2. The van der Waals surface area contributed by atoms with Crippen molar-refractivity contribution in [3.05, 3.63) is 29.8 Å². The van der Waals surface area contributed by atoms with Crippen molar-refractivity contribution in [3.8, 4) is 5.75 Å². The van der Waals surface area contributed by atoms with Gasteiger partial charge in [-0.1, -0.05) is 33.8 Å². The molecule has 0 unspecified atom stereocenters. The Balaban J connectivity index is 1.57. The van der Waals surface area contributed by atoms with Crippen molar-refractivity contribution in [1.29, 1.82) is 0 Å². The topological polar surface area (TPSA) is 88.2 Å². The van der Waals surface area contributed by atoms with Crippen LogP contribution in [-0.4, -0.2) is 79.6 Å². The summed E-state index contributed by atoms with van der Waals surface area (Å²) in [5.74, 6) is 1.45. The van der Waals surface area contributed by atoms with E-state index in [0.29, 0.717) is 61.7 Å². The van der Waals surface area contributed by atoms with Crippen molar-refractivity contribution in [2.45, 2.75) is 65.5 Å². The number of carbonyl (C=O) groups is 3. The molecule has 200 valence electrons. The predicted molar refractivity (Wildman–Crippen MR) is 139 cm³/mol. The minimum absolute atomic E-state index is 0.0615. The van der Waals surface area contributed by atoms with E-state index in [0.717, 1.165) is 25.8 Å². The fraction of sp³-hybridized carbons (Fsp3) is 0.679. The Morgan fingerprint density at radius 2 is 1.81 bits per heavy atom. The van der Waals surface area contributed by atoms with E-state index in [1.807, 2.05) is 15.9 Å². The molecule has 0 saturated carbocycles. The molecule has 2 saturated heterocycles. The van der Waals surface area contributed by atoms with Gasteiger partial charge in [0.25, 0.3) is 0 Å². The van der Waals surface area contributed by atoms with Crippen LogP contribution in [0, 0.1) is 17.8 Å². The van der Waals surface area contributed by atoms with Crippen LogP contribution in [0.1, 0.15) is 63.7 Å². The molecule has 0 bridgehead atoms. The molecular formula is C28H43N3O5. The number of nitrogens with zero attached hydrogens (tertiary/aromatic N) is 2. The molecule has 8 nitrogen and oxygen atoms in total. The van der Waals surface area contributed by atoms with Gasteiger partial charge in [0.2, 0.25) is 11.8 Å². The van der Waals surface area contributed by atoms with Crippen molar-refractivity contribution in [2.75, 3.05) is 39.9 Å². The van der Waals surface area contributed by atoms with Crippen LogP contribution in [0.2, 0.25) is 0 Å². The molecule has 0 aliphatic carbocycles. The Kier molecular flexibility index (Phi) is 10.2. The summed E-state index contributed by atoms with van der Waals surface area (Å²) in [5.41, 5.74) is 0.463. The fourth-order valence-corrected chi connectivity index (χ4v) is 5.11. The number of likely N-dealkylation sites (tertiary alicyclic amines) is 1. The lowest BCUT2D eigenvalue weighted by Crippen LogP contribution is -2.62. The number of amides is 2. The van der Waals surface area contributed by atoms with Crippen molar-refractivity contribution in [3.63, 3.8) is 0 Å². The number of benzene rings is 1. The number of esters is 1. The number of piperidine rings is 1. The summed E-state index contributed by atoms with van der Waals surface area (Å²) < 4.78 is 10.7. The zero-order valence-corrected chi connectivity index (χ0v) is 22.5. The average Bonchev–Trinajstić information content (AvgIpc) is 2.86. The molecule has 2 heterocycles. The molecule has 8 heteroatoms. The lowest BCUT2D eigenvalue weighted by molar-refractivity contribution is -0.150. The van der Waals surface area contributed by atoms with Gasteiger partial charge in [-0.15, -0.1) is 0 Å². The van der Waals surface area contributed by atoms with Crippen LogP contribution < -0.4 is 10.1 Å². The highest BCUT2D eigenvalue weighted by Gasteiger charge is 2.39. The summed E-state index contributed by atoms with van der Waals surface area (Å²) in [4.78, 5) is 42.5. The summed E-state index contributed by atoms with van der Waals surface area (Å²) in [6.45, 7) is 11.6. The maximum Gasteiger partial charge on any atom is 0.337 e. The van der Waals surface area contributed by atoms with E-state index in [1.165, 1.54) is 7.11 Å². The number of hydrogen-bond acceptors (Lipinski definition) is 6. The first-order valence-electron chi connectivity index (χ1n) is 13.3. The smallest absolute Gasteiger partial charge is 0.337 e. The summed E-state index contributed by atoms with van der Waals surface area (Å²) >= 11 is 0. The molecule has 3 rings (SSSR count). The summed E-state index contributed by atoms with van der Waals surface area (Å²) in [5, 5.41) is 3.35. The lowest BCUT2D eigenvalue weighted by atomic mass is 9.94. The number of hydrogen-bond donors (Lipinski definition) is 1. The van der Waals surface area contributed by atoms with Gasteiger partial charge in [-0.3, -0.25) is 9.59 Å². The van der Waals surface area contributed by atoms with Gasteiger partial charge in [0.05, 0.1) is 25.3 Å². The third-order valence-corrected chi connectivity index (χ3v) is 7.05. The Morgan fingerprint density at radius 1 is 1.08 bits per heavy atom. The average molecular weight is 502 g/mol. The third kappa shape index (κ3) is 7.45. The Bertz CT molecular complexity index is 895. The highest BCUT2D eigenvalue weighted by atomic mass is 16.5. The molecule has 2 aliphatic rings. The van der Waals surface area contributed by atoms with E-state index < -0.39 is 6.04 Å². The number of methoxy groups -OCH3 is 1. The van der Waals surface area contributed by atoms with Gasteiger partial charge >= 0.3 is 5.97 Å². The molecular weight excluding hydrogens is 458 g/mol. The first kappa shape index (κ1) is 28.0. The largest absolute Gasteiger partial charge is 0.493 e. The van der Waals surface area contributed by atoms with Crippen LogP contribution in [0.25, 0.3) is 0 Å². The van der Waals surface area contributed by atoms with E-state index in [2.05, 4.69) is 33.0 Å². The van der Waals surface area contributed by atoms with Crippen LogP contribution in [0.15, 0.2) is 24.3 Å². The predicted octanol–water partition coefficient (Wildman–Crippen LogP) is 3.35. The highest BCUT2D eigenvalue weighted by Crippen LogP contribution is 2.24. The van der Waals surface area contributed by atoms with E-state index >= 15 is 0 Å². The SMILES string of the molecule is COC(=O)c1cccc(OCC2CCN(C(=O)[C@H](CC(C)C)N3CCN[C@@H](CC(C)C)C3=O)CC2)c1. The summed E-state index contributed by atoms with van der Waals surface area (Å²) in [6.07, 6.45) is 3.16. The second-order valence-corrected chi connectivity index (χ2v) is 10.9. The zero-order chi connectivity index (χ0) is 26.2. The molecule has 0 radical (unpaired) electrons. The van der Waals surface area contributed by atoms with E-state index in [-0.39, 0.29) is 23.8 Å². The Morgan fingerprint density at radius 3 is 2.44 bits per heavy atom. The number of piperazine rings is 1. The number of carbonyl (C=O) groups excluding carboxylic acids is 3. The van der Waals surface area contributed by atoms with E-state index in [1.54, 1.807) is 18.2 Å². The maximum absolute atomic E-state index is 13.7. The Labute approximate surface area is 215 Å². The van der Waals surface area contributed by atoms with Crippen LogP contribution in [0.4, 0.5) is 0 Å². The molecule has 36 heavy (non-hydrogen) atoms. The van der Waals surface area contributed by atoms with Crippen molar-refractivity contribution in [2.24, 2.45) is 17.8 Å². The first-order valence-corrected chi connectivity index (χ1v) is 13.3. The van der Waals surface area contributed by atoms with Crippen LogP contribution in [0.5, 0.6) is 5.75 Å². The van der Waals surface area contributed by atoms with Gasteiger partial charge in [0, 0.05) is 26.2 Å². The molecule has 2 fully saturated rings. The molecule has 2 amide bonds. The standard InChI is InChI=1S/C28H43N3O5/c1-19(2)15-24-26(32)31(14-11-29-24)25(16-20(3)4)27(33)30-12-9-21(10-13-30)18-36-23-8-6-7-22(17-23)28(34)35-5/h6-8,17,19-21,24-25,29H,9-16,18H2,1-5H3/t24-,25-/m0/s1. The summed E-state index contributed by atoms with van der Waals surface area (Å²) in [7, 11) is 1.36. The molecule has 2 atom stereocenters. The van der Waals surface area contributed by atoms with Gasteiger partial charge in [-0.05, 0) is 61.6 Å². The molecule has 1 N–H and O–H groups in total. The van der Waals surface area contributed by atoms with Gasteiger partial charge in [-0.25, -0.2) is 4.79 Å². The maximum atomic E-state index is 13.7. The van der Waals surface area contributed by atoms with Gasteiger partial charge in [-0.2, -0.15) is 0 Å². The van der Waals surface area contributed by atoms with Gasteiger partial charge in [0.1, 0.15) is 11.8 Å². The minimum atomic E-state index is -0.400. The summed E-state index contributed by atoms with van der Waals surface area (Å²) in [6, 6.07) is 6.40. The van der Waals surface area contributed by atoms with E-state index in [4.69, 9.17) is 9.47 Å². The van der Waals surface area contributed by atoms with Gasteiger partial charge < -0.3 is 24.6 Å².